The molecule has 0 saturated carbocycles. The number of methoxy groups -OCH3 is 1. The highest BCUT2D eigenvalue weighted by atomic mass is 16.5. The Bertz CT molecular complexity index is 579. The summed E-state index contributed by atoms with van der Waals surface area (Å²) in [6, 6.07) is 8.19. The number of hydrogen-bond donors (Lipinski definition) is 1. The maximum Gasteiger partial charge on any atom is 0.161 e. The molecule has 0 aliphatic rings. The van der Waals surface area contributed by atoms with Gasteiger partial charge in [0.15, 0.2) is 5.75 Å². The SMILES string of the molecule is COc1cnn(C)c1C(N)c1ccc(C(C)(C)C)cc1. The number of nitrogens with two attached hydrogens (primary N) is 1. The maximum absolute atomic E-state index is 6.36. The van der Waals surface area contributed by atoms with Crippen LogP contribution in [0.3, 0.4) is 0 Å². The lowest BCUT2D eigenvalue weighted by molar-refractivity contribution is 0.406. The van der Waals surface area contributed by atoms with Gasteiger partial charge in [0.25, 0.3) is 0 Å². The summed E-state index contributed by atoms with van der Waals surface area (Å²) in [6.07, 6.45) is 1.69. The second-order valence-corrected chi connectivity index (χ2v) is 6.07. The van der Waals surface area contributed by atoms with Crippen LogP contribution in [0, 0.1) is 0 Å². The number of nitrogens with zero attached hydrogens (tertiary/aromatic N) is 2. The van der Waals surface area contributed by atoms with Gasteiger partial charge >= 0.3 is 0 Å². The Labute approximate surface area is 120 Å². The first-order chi connectivity index (χ1) is 9.34. The third kappa shape index (κ3) is 2.70. The van der Waals surface area contributed by atoms with Gasteiger partial charge < -0.3 is 10.5 Å². The number of ether oxygens (including phenoxy) is 1. The lowest BCUT2D eigenvalue weighted by Crippen LogP contribution is -2.17. The van der Waals surface area contributed by atoms with Gasteiger partial charge in [0.1, 0.15) is 5.69 Å². The predicted molar refractivity (Wildman–Crippen MR) is 80.9 cm³/mol. The number of benzene rings is 1. The topological polar surface area (TPSA) is 53.1 Å². The predicted octanol–water partition coefficient (Wildman–Crippen LogP) is 2.77. The summed E-state index contributed by atoms with van der Waals surface area (Å²) < 4.78 is 7.09. The minimum absolute atomic E-state index is 0.146. The molecule has 4 heteroatoms. The van der Waals surface area contributed by atoms with Gasteiger partial charge in [-0.15, -0.1) is 0 Å². The van der Waals surface area contributed by atoms with Crippen LogP contribution in [-0.2, 0) is 12.5 Å². The van der Waals surface area contributed by atoms with Gasteiger partial charge in [-0.1, -0.05) is 45.0 Å². The average molecular weight is 273 g/mol. The molecule has 2 rings (SSSR count). The zero-order valence-electron chi connectivity index (χ0n) is 12.8. The fourth-order valence-corrected chi connectivity index (χ4v) is 2.29. The molecule has 0 radical (unpaired) electrons. The second kappa shape index (κ2) is 5.29. The summed E-state index contributed by atoms with van der Waals surface area (Å²) in [4.78, 5) is 0. The summed E-state index contributed by atoms with van der Waals surface area (Å²) in [7, 11) is 3.51. The Kier molecular flexibility index (Phi) is 3.86. The molecule has 0 aliphatic carbocycles. The van der Waals surface area contributed by atoms with E-state index in [1.165, 1.54) is 5.56 Å². The van der Waals surface area contributed by atoms with Gasteiger partial charge in [-0.25, -0.2) is 0 Å². The molecule has 0 spiro atoms. The van der Waals surface area contributed by atoms with Crippen LogP contribution in [0.2, 0.25) is 0 Å². The second-order valence-electron chi connectivity index (χ2n) is 6.07. The van der Waals surface area contributed by atoms with Crippen molar-refractivity contribution in [2.75, 3.05) is 7.11 Å². The fraction of sp³-hybridized carbons (Fsp3) is 0.438. The third-order valence-electron chi connectivity index (χ3n) is 3.60. The molecule has 1 aromatic carbocycles. The highest BCUT2D eigenvalue weighted by Crippen LogP contribution is 2.29. The van der Waals surface area contributed by atoms with E-state index in [0.717, 1.165) is 17.0 Å². The first-order valence-corrected chi connectivity index (χ1v) is 6.76. The molecular formula is C16H23N3O. The van der Waals surface area contributed by atoms with E-state index in [1.807, 2.05) is 7.05 Å². The Morgan fingerprint density at radius 3 is 2.30 bits per heavy atom. The largest absolute Gasteiger partial charge is 0.493 e. The van der Waals surface area contributed by atoms with E-state index in [9.17, 15) is 0 Å². The lowest BCUT2D eigenvalue weighted by Gasteiger charge is -2.20. The highest BCUT2D eigenvalue weighted by Gasteiger charge is 2.20. The van der Waals surface area contributed by atoms with Gasteiger partial charge in [-0.3, -0.25) is 4.68 Å². The van der Waals surface area contributed by atoms with Crippen molar-refractivity contribution in [3.05, 3.63) is 47.3 Å². The summed E-state index contributed by atoms with van der Waals surface area (Å²) in [6.45, 7) is 6.60. The molecule has 0 saturated heterocycles. The Hall–Kier alpha value is -1.81. The van der Waals surface area contributed by atoms with E-state index in [4.69, 9.17) is 10.5 Å². The van der Waals surface area contributed by atoms with Crippen LogP contribution in [0.5, 0.6) is 5.75 Å². The van der Waals surface area contributed by atoms with E-state index in [1.54, 1.807) is 18.0 Å². The van der Waals surface area contributed by atoms with Gasteiger partial charge in [-0.2, -0.15) is 5.10 Å². The number of hydrogen-bond acceptors (Lipinski definition) is 3. The molecule has 0 aliphatic heterocycles. The van der Waals surface area contributed by atoms with E-state index in [-0.39, 0.29) is 11.5 Å². The Balaban J connectivity index is 2.34. The van der Waals surface area contributed by atoms with Crippen LogP contribution in [0.15, 0.2) is 30.5 Å². The first kappa shape index (κ1) is 14.6. The molecule has 108 valence electrons. The zero-order valence-corrected chi connectivity index (χ0v) is 12.8. The van der Waals surface area contributed by atoms with Gasteiger partial charge in [-0.05, 0) is 16.5 Å². The summed E-state index contributed by atoms with van der Waals surface area (Å²) in [5, 5.41) is 4.20. The van der Waals surface area contributed by atoms with Crippen molar-refractivity contribution in [3.8, 4) is 5.75 Å². The first-order valence-electron chi connectivity index (χ1n) is 6.76. The van der Waals surface area contributed by atoms with Crippen molar-refractivity contribution in [1.29, 1.82) is 0 Å². The van der Waals surface area contributed by atoms with Crippen molar-refractivity contribution < 1.29 is 4.74 Å². The highest BCUT2D eigenvalue weighted by molar-refractivity contribution is 5.37. The zero-order chi connectivity index (χ0) is 14.9. The van der Waals surface area contributed by atoms with E-state index in [0.29, 0.717) is 0 Å². The average Bonchev–Trinajstić information content (AvgIpc) is 2.78. The van der Waals surface area contributed by atoms with Gasteiger partial charge in [0, 0.05) is 7.05 Å². The summed E-state index contributed by atoms with van der Waals surface area (Å²) in [5.41, 5.74) is 9.74. The van der Waals surface area contributed by atoms with E-state index >= 15 is 0 Å². The van der Waals surface area contributed by atoms with Crippen LogP contribution in [0.25, 0.3) is 0 Å². The van der Waals surface area contributed by atoms with E-state index < -0.39 is 0 Å². The van der Waals surface area contributed by atoms with Crippen molar-refractivity contribution >= 4 is 0 Å². The molecule has 2 aromatic rings. The molecule has 2 N–H and O–H groups in total. The van der Waals surface area contributed by atoms with Crippen LogP contribution in [0.4, 0.5) is 0 Å². The molecule has 1 heterocycles. The van der Waals surface area contributed by atoms with Gasteiger partial charge in [0.05, 0.1) is 19.3 Å². The third-order valence-corrected chi connectivity index (χ3v) is 3.60. The maximum atomic E-state index is 6.36. The van der Waals surface area contributed by atoms with Gasteiger partial charge in [0.2, 0.25) is 0 Å². The molecular weight excluding hydrogens is 250 g/mol. The lowest BCUT2D eigenvalue weighted by atomic mass is 9.86. The number of aryl methyl sites for hydroxylation is 1. The standard InChI is InChI=1S/C16H23N3O/c1-16(2,3)12-8-6-11(7-9-12)14(17)15-13(20-5)10-18-19(15)4/h6-10,14H,17H2,1-5H3. The molecule has 1 unspecified atom stereocenters. The minimum Gasteiger partial charge on any atom is -0.493 e. The molecule has 0 amide bonds. The molecule has 1 aromatic heterocycles. The van der Waals surface area contributed by atoms with Crippen LogP contribution in [-0.4, -0.2) is 16.9 Å². The smallest absolute Gasteiger partial charge is 0.161 e. The molecule has 0 bridgehead atoms. The molecule has 1 atom stereocenters. The summed E-state index contributed by atoms with van der Waals surface area (Å²) >= 11 is 0. The number of rotatable bonds is 3. The summed E-state index contributed by atoms with van der Waals surface area (Å²) in [5.74, 6) is 0.722. The van der Waals surface area contributed by atoms with Crippen LogP contribution in [0.1, 0.15) is 43.6 Å². The Morgan fingerprint density at radius 2 is 1.80 bits per heavy atom. The van der Waals surface area contributed by atoms with Crippen molar-refractivity contribution in [2.45, 2.75) is 32.2 Å². The minimum atomic E-state index is -0.244. The quantitative estimate of drug-likeness (QED) is 0.935. The van der Waals surface area contributed by atoms with Crippen LogP contribution >= 0.6 is 0 Å². The monoisotopic (exact) mass is 273 g/mol. The Morgan fingerprint density at radius 1 is 1.20 bits per heavy atom. The van der Waals surface area contributed by atoms with Crippen molar-refractivity contribution in [1.82, 2.24) is 9.78 Å². The van der Waals surface area contributed by atoms with Crippen molar-refractivity contribution in [3.63, 3.8) is 0 Å². The fourth-order valence-electron chi connectivity index (χ4n) is 2.29. The number of aromatic nitrogens is 2. The van der Waals surface area contributed by atoms with Crippen LogP contribution < -0.4 is 10.5 Å². The molecule has 4 nitrogen and oxygen atoms in total. The molecule has 0 fully saturated rings. The van der Waals surface area contributed by atoms with E-state index in [2.05, 4.69) is 50.1 Å². The normalized spacial score (nSPS) is 13.3. The van der Waals surface area contributed by atoms with Crippen molar-refractivity contribution in [2.24, 2.45) is 12.8 Å². The molecule has 20 heavy (non-hydrogen) atoms.